The predicted molar refractivity (Wildman–Crippen MR) is 258 cm³/mol. The molecule has 10 aromatic carbocycles. The lowest BCUT2D eigenvalue weighted by Gasteiger charge is -2.28. The van der Waals surface area contributed by atoms with Gasteiger partial charge in [0.05, 0.1) is 22.4 Å². The highest BCUT2D eigenvalue weighted by Crippen LogP contribution is 2.44. The minimum absolute atomic E-state index is 0.899. The summed E-state index contributed by atoms with van der Waals surface area (Å²) in [6.45, 7) is 0. The van der Waals surface area contributed by atoms with Crippen LogP contribution in [0.1, 0.15) is 0 Å². The van der Waals surface area contributed by atoms with Crippen LogP contribution in [0.3, 0.4) is 0 Å². The molecule has 0 bridgehead atoms. The van der Waals surface area contributed by atoms with E-state index in [1.54, 1.807) is 0 Å². The monoisotopic (exact) mass is 792 g/mol. The van der Waals surface area contributed by atoms with E-state index < -0.39 is 0 Å². The minimum atomic E-state index is 0.899. The zero-order valence-electron chi connectivity index (χ0n) is 33.5. The molecule has 0 saturated heterocycles. The van der Waals surface area contributed by atoms with Crippen LogP contribution >= 0.6 is 0 Å². The van der Waals surface area contributed by atoms with Crippen molar-refractivity contribution in [2.24, 2.45) is 0 Å². The number of hydrogen-bond donors (Lipinski definition) is 0. The number of fused-ring (bicyclic) bond motifs is 10. The van der Waals surface area contributed by atoms with Crippen LogP contribution in [-0.4, -0.2) is 4.57 Å². The number of para-hydroxylation sites is 4. The number of benzene rings is 10. The van der Waals surface area contributed by atoms with Gasteiger partial charge in [0.25, 0.3) is 0 Å². The van der Waals surface area contributed by atoms with Gasteiger partial charge in [-0.15, -0.1) is 0 Å². The first-order chi connectivity index (χ1) is 30.7. The summed E-state index contributed by atoms with van der Waals surface area (Å²) in [5, 5.41) is 9.34. The van der Waals surface area contributed by atoms with Gasteiger partial charge >= 0.3 is 0 Å². The highest BCUT2D eigenvalue weighted by atomic mass is 16.3. The summed E-state index contributed by atoms with van der Waals surface area (Å²) in [4.78, 5) is 2.39. The maximum atomic E-state index is 6.16. The summed E-state index contributed by atoms with van der Waals surface area (Å²) in [5.74, 6) is 0. The number of nitrogens with zero attached hydrogens (tertiary/aromatic N) is 2. The van der Waals surface area contributed by atoms with Gasteiger partial charge in [-0.3, -0.25) is 0 Å². The van der Waals surface area contributed by atoms with Crippen molar-refractivity contribution in [1.82, 2.24) is 4.57 Å². The van der Waals surface area contributed by atoms with Crippen LogP contribution in [0.4, 0.5) is 17.1 Å². The molecule has 0 aliphatic carbocycles. The molecule has 0 radical (unpaired) electrons. The number of aromatic nitrogens is 1. The molecule has 0 spiro atoms. The lowest BCUT2D eigenvalue weighted by atomic mass is 10.0. The van der Waals surface area contributed by atoms with E-state index in [1.165, 1.54) is 27.2 Å². The minimum Gasteiger partial charge on any atom is -0.456 e. The topological polar surface area (TPSA) is 34.5 Å². The SMILES string of the molecule is c1ccc2c(c1)oc1ccc(-c3ccc(N(c4ccc(-c5ccc6oc7ccccc7c6c5)cc4)c4ccc(-n5c6ccccc6c6ccccc65)c5ccccc45)cc3)cc12. The van der Waals surface area contributed by atoms with E-state index in [1.807, 2.05) is 24.3 Å². The highest BCUT2D eigenvalue weighted by Gasteiger charge is 2.20. The van der Waals surface area contributed by atoms with Crippen molar-refractivity contribution in [3.63, 3.8) is 0 Å². The maximum absolute atomic E-state index is 6.16. The average Bonchev–Trinajstić information content (AvgIpc) is 4.01. The Hall–Kier alpha value is -8.34. The van der Waals surface area contributed by atoms with Crippen molar-refractivity contribution in [3.8, 4) is 27.9 Å². The van der Waals surface area contributed by atoms with Gasteiger partial charge in [0.2, 0.25) is 0 Å². The Bertz CT molecular complexity index is 3660. The largest absolute Gasteiger partial charge is 0.456 e. The summed E-state index contributed by atoms with van der Waals surface area (Å²) in [6, 6.07) is 78.2. The standard InChI is InChI=1S/C58H36N2O2/c1-2-12-46-45(11-1)53(31-32-54(46)60-51-17-7-3-13-43(51)44-14-4-8-18-52(44)60)59(41-27-21-37(22-28-41)39-25-33-57-49(35-39)47-15-5-9-19-55(47)61-57)42-29-23-38(24-30-42)40-26-34-58-50(36-40)48-16-6-10-20-56(48)62-58/h1-36H. The molecule has 290 valence electrons. The molecule has 4 nitrogen and oxygen atoms in total. The number of hydrogen-bond acceptors (Lipinski definition) is 3. The van der Waals surface area contributed by atoms with Crippen molar-refractivity contribution in [2.45, 2.75) is 0 Å². The lowest BCUT2D eigenvalue weighted by molar-refractivity contribution is 0.668. The molecule has 0 saturated carbocycles. The number of rotatable bonds is 6. The van der Waals surface area contributed by atoms with Crippen molar-refractivity contribution in [3.05, 3.63) is 218 Å². The van der Waals surface area contributed by atoms with Crippen LogP contribution in [-0.2, 0) is 0 Å². The van der Waals surface area contributed by atoms with Crippen molar-refractivity contribution < 1.29 is 8.83 Å². The Morgan fingerprint density at radius 1 is 0.290 bits per heavy atom. The molecule has 62 heavy (non-hydrogen) atoms. The summed E-state index contributed by atoms with van der Waals surface area (Å²) >= 11 is 0. The van der Waals surface area contributed by atoms with E-state index in [9.17, 15) is 0 Å². The molecule has 0 N–H and O–H groups in total. The first-order valence-corrected chi connectivity index (χ1v) is 21.1. The third-order valence-corrected chi connectivity index (χ3v) is 12.6. The molecule has 0 unspecified atom stereocenters. The van der Waals surface area contributed by atoms with Crippen LogP contribution in [0.15, 0.2) is 227 Å². The van der Waals surface area contributed by atoms with Gasteiger partial charge in [-0.25, -0.2) is 0 Å². The van der Waals surface area contributed by atoms with Gasteiger partial charge in [-0.05, 0) is 107 Å². The Morgan fingerprint density at radius 3 is 1.21 bits per heavy atom. The molecule has 13 rings (SSSR count). The van der Waals surface area contributed by atoms with Gasteiger partial charge < -0.3 is 18.3 Å². The van der Waals surface area contributed by atoms with E-state index >= 15 is 0 Å². The molecule has 13 aromatic rings. The second-order valence-electron chi connectivity index (χ2n) is 16.1. The van der Waals surface area contributed by atoms with Crippen LogP contribution < -0.4 is 4.90 Å². The lowest BCUT2D eigenvalue weighted by Crippen LogP contribution is -2.11. The fourth-order valence-electron chi connectivity index (χ4n) is 9.68. The normalized spacial score (nSPS) is 11.9. The Morgan fingerprint density at radius 2 is 0.694 bits per heavy atom. The van der Waals surface area contributed by atoms with E-state index in [2.05, 4.69) is 204 Å². The zero-order valence-corrected chi connectivity index (χ0v) is 33.5. The van der Waals surface area contributed by atoms with Crippen molar-refractivity contribution in [1.29, 1.82) is 0 Å². The number of furan rings is 2. The molecular formula is C58H36N2O2. The molecule has 0 aliphatic rings. The summed E-state index contributed by atoms with van der Waals surface area (Å²) < 4.78 is 14.7. The fraction of sp³-hybridized carbons (Fsp3) is 0. The van der Waals surface area contributed by atoms with Gasteiger partial charge in [-0.1, -0.05) is 133 Å². The summed E-state index contributed by atoms with van der Waals surface area (Å²) in [7, 11) is 0. The third kappa shape index (κ3) is 5.33. The van der Waals surface area contributed by atoms with E-state index in [0.717, 1.165) is 94.3 Å². The smallest absolute Gasteiger partial charge is 0.135 e. The maximum Gasteiger partial charge on any atom is 0.135 e. The summed E-state index contributed by atoms with van der Waals surface area (Å²) in [5.41, 5.74) is 15.0. The molecule has 0 atom stereocenters. The average molecular weight is 793 g/mol. The molecule has 0 fully saturated rings. The first kappa shape index (κ1) is 34.5. The first-order valence-electron chi connectivity index (χ1n) is 21.1. The number of anilines is 3. The van der Waals surface area contributed by atoms with Crippen molar-refractivity contribution in [2.75, 3.05) is 4.90 Å². The zero-order chi connectivity index (χ0) is 40.7. The molecular weight excluding hydrogens is 757 g/mol. The van der Waals surface area contributed by atoms with Gasteiger partial charge in [0, 0.05) is 54.5 Å². The van der Waals surface area contributed by atoms with E-state index in [0.29, 0.717) is 0 Å². The molecule has 3 aromatic heterocycles. The van der Waals surface area contributed by atoms with Crippen LogP contribution in [0.5, 0.6) is 0 Å². The van der Waals surface area contributed by atoms with Crippen LogP contribution in [0, 0.1) is 0 Å². The Balaban J connectivity index is 0.964. The summed E-state index contributed by atoms with van der Waals surface area (Å²) in [6.07, 6.45) is 0. The Labute approximate surface area is 356 Å². The second-order valence-corrected chi connectivity index (χ2v) is 16.1. The second kappa shape index (κ2) is 13.6. The van der Waals surface area contributed by atoms with E-state index in [-0.39, 0.29) is 0 Å². The van der Waals surface area contributed by atoms with E-state index in [4.69, 9.17) is 8.83 Å². The molecule has 0 amide bonds. The third-order valence-electron chi connectivity index (χ3n) is 12.6. The molecule has 0 aliphatic heterocycles. The van der Waals surface area contributed by atoms with Crippen LogP contribution in [0.2, 0.25) is 0 Å². The fourth-order valence-corrected chi connectivity index (χ4v) is 9.68. The van der Waals surface area contributed by atoms with Gasteiger partial charge in [-0.2, -0.15) is 0 Å². The van der Waals surface area contributed by atoms with Gasteiger partial charge in [0.15, 0.2) is 0 Å². The van der Waals surface area contributed by atoms with Crippen molar-refractivity contribution >= 4 is 93.5 Å². The highest BCUT2D eigenvalue weighted by molar-refractivity contribution is 6.12. The predicted octanol–water partition coefficient (Wildman–Crippen LogP) is 16.5. The quantitative estimate of drug-likeness (QED) is 0.168. The van der Waals surface area contributed by atoms with Gasteiger partial charge in [0.1, 0.15) is 22.3 Å². The molecule has 3 heterocycles. The molecule has 4 heteroatoms. The Kier molecular flexibility index (Phi) is 7.57. The van der Waals surface area contributed by atoms with Crippen LogP contribution in [0.25, 0.3) is 104 Å².